The fraction of sp³-hybridized carbons (Fsp3) is 0. The number of aromatic carboxylic acids is 2. The Morgan fingerprint density at radius 1 is 0.909 bits per heavy atom. The SMILES string of the molecule is O=C(O)c1ccc(Sc2ccc([N+](=O)[O-])cc2)cc1C(=O)O. The van der Waals surface area contributed by atoms with E-state index in [4.69, 9.17) is 10.2 Å². The fourth-order valence-electron chi connectivity index (χ4n) is 1.72. The molecule has 0 aliphatic heterocycles. The van der Waals surface area contributed by atoms with Crippen LogP contribution in [0.25, 0.3) is 0 Å². The average Bonchev–Trinajstić information content (AvgIpc) is 2.47. The van der Waals surface area contributed by atoms with Crippen LogP contribution in [-0.2, 0) is 0 Å². The van der Waals surface area contributed by atoms with Gasteiger partial charge in [-0.3, -0.25) is 10.1 Å². The minimum atomic E-state index is -1.33. The van der Waals surface area contributed by atoms with E-state index in [9.17, 15) is 19.7 Å². The minimum Gasteiger partial charge on any atom is -0.478 e. The molecule has 0 radical (unpaired) electrons. The Balaban J connectivity index is 2.30. The fourth-order valence-corrected chi connectivity index (χ4v) is 2.58. The maximum atomic E-state index is 11.1. The van der Waals surface area contributed by atoms with E-state index in [2.05, 4.69) is 0 Å². The second kappa shape index (κ2) is 6.27. The van der Waals surface area contributed by atoms with Gasteiger partial charge in [0.25, 0.3) is 5.69 Å². The first-order chi connectivity index (χ1) is 10.4. The van der Waals surface area contributed by atoms with E-state index in [1.807, 2.05) is 0 Å². The molecule has 2 rings (SSSR count). The molecule has 0 bridgehead atoms. The first kappa shape index (κ1) is 15.5. The zero-order valence-electron chi connectivity index (χ0n) is 10.9. The molecule has 0 aliphatic rings. The van der Waals surface area contributed by atoms with E-state index >= 15 is 0 Å². The maximum Gasteiger partial charge on any atom is 0.336 e. The van der Waals surface area contributed by atoms with Gasteiger partial charge in [-0.15, -0.1) is 0 Å². The number of hydrogen-bond acceptors (Lipinski definition) is 5. The summed E-state index contributed by atoms with van der Waals surface area (Å²) in [4.78, 5) is 33.3. The third kappa shape index (κ3) is 3.41. The van der Waals surface area contributed by atoms with Crippen molar-refractivity contribution >= 4 is 29.4 Å². The van der Waals surface area contributed by atoms with Crippen molar-refractivity contribution in [3.8, 4) is 0 Å². The van der Waals surface area contributed by atoms with Crippen molar-refractivity contribution in [3.05, 3.63) is 63.7 Å². The first-order valence-electron chi connectivity index (χ1n) is 5.91. The van der Waals surface area contributed by atoms with Gasteiger partial charge in [-0.2, -0.15) is 0 Å². The lowest BCUT2D eigenvalue weighted by atomic mass is 10.1. The molecule has 2 aromatic carbocycles. The van der Waals surface area contributed by atoms with Gasteiger partial charge in [0.15, 0.2) is 0 Å². The Kier molecular flexibility index (Phi) is 4.42. The number of rotatable bonds is 5. The van der Waals surface area contributed by atoms with E-state index in [0.717, 1.165) is 0 Å². The van der Waals surface area contributed by atoms with E-state index in [1.54, 1.807) is 0 Å². The summed E-state index contributed by atoms with van der Waals surface area (Å²) in [6.45, 7) is 0. The molecule has 0 fully saturated rings. The molecule has 0 saturated heterocycles. The topological polar surface area (TPSA) is 118 Å². The third-order valence-corrected chi connectivity index (χ3v) is 3.73. The second-order valence-corrected chi connectivity index (χ2v) is 5.32. The molecule has 2 N–H and O–H groups in total. The molecule has 0 spiro atoms. The van der Waals surface area contributed by atoms with Gasteiger partial charge < -0.3 is 10.2 Å². The summed E-state index contributed by atoms with van der Waals surface area (Å²) >= 11 is 1.18. The van der Waals surface area contributed by atoms with Crippen LogP contribution in [0.15, 0.2) is 52.3 Å². The highest BCUT2D eigenvalue weighted by Crippen LogP contribution is 2.30. The number of carbonyl (C=O) groups is 2. The molecule has 8 heteroatoms. The number of nitro benzene ring substituents is 1. The Hall–Kier alpha value is -2.87. The molecule has 2 aromatic rings. The lowest BCUT2D eigenvalue weighted by Crippen LogP contribution is -2.07. The number of carboxylic acids is 2. The van der Waals surface area contributed by atoms with Crippen molar-refractivity contribution in [2.75, 3.05) is 0 Å². The highest BCUT2D eigenvalue weighted by molar-refractivity contribution is 7.99. The predicted octanol–water partition coefficient (Wildman–Crippen LogP) is 3.14. The molecule has 0 atom stereocenters. The number of carboxylic acid groups (broad SMARTS) is 2. The molecule has 0 aromatic heterocycles. The molecular weight excluding hydrogens is 310 g/mol. The van der Waals surface area contributed by atoms with Crippen molar-refractivity contribution < 1.29 is 24.7 Å². The van der Waals surface area contributed by atoms with Gasteiger partial charge in [0, 0.05) is 21.9 Å². The zero-order chi connectivity index (χ0) is 16.3. The summed E-state index contributed by atoms with van der Waals surface area (Å²) in [5.41, 5.74) is -0.642. The molecule has 112 valence electrons. The largest absolute Gasteiger partial charge is 0.478 e. The molecule has 0 aliphatic carbocycles. The third-order valence-electron chi connectivity index (χ3n) is 2.74. The van der Waals surface area contributed by atoms with Crippen LogP contribution in [0, 0.1) is 10.1 Å². The summed E-state index contributed by atoms with van der Waals surface area (Å²) in [6.07, 6.45) is 0. The van der Waals surface area contributed by atoms with Gasteiger partial charge in [-0.25, -0.2) is 9.59 Å². The van der Waals surface area contributed by atoms with Crippen LogP contribution in [0.2, 0.25) is 0 Å². The average molecular weight is 319 g/mol. The second-order valence-electron chi connectivity index (χ2n) is 4.17. The lowest BCUT2D eigenvalue weighted by molar-refractivity contribution is -0.384. The van der Waals surface area contributed by atoms with Gasteiger partial charge in [0.1, 0.15) is 0 Å². The quantitative estimate of drug-likeness (QED) is 0.642. The number of benzene rings is 2. The standard InChI is InChI=1S/C14H9NO6S/c16-13(17)11-6-5-10(7-12(11)14(18)19)22-9-3-1-8(2-4-9)15(20)21/h1-7H,(H,16,17)(H,18,19). The first-order valence-corrected chi connectivity index (χ1v) is 6.73. The monoisotopic (exact) mass is 319 g/mol. The highest BCUT2D eigenvalue weighted by Gasteiger charge is 2.16. The van der Waals surface area contributed by atoms with Crippen LogP contribution < -0.4 is 0 Å². The molecule has 0 amide bonds. The Labute approximate surface area is 128 Å². The van der Waals surface area contributed by atoms with Crippen molar-refractivity contribution in [2.24, 2.45) is 0 Å². The van der Waals surface area contributed by atoms with Crippen LogP contribution in [0.1, 0.15) is 20.7 Å². The highest BCUT2D eigenvalue weighted by atomic mass is 32.2. The van der Waals surface area contributed by atoms with Gasteiger partial charge in [0.2, 0.25) is 0 Å². The van der Waals surface area contributed by atoms with Crippen molar-refractivity contribution in [3.63, 3.8) is 0 Å². The van der Waals surface area contributed by atoms with Gasteiger partial charge in [-0.1, -0.05) is 11.8 Å². The van der Waals surface area contributed by atoms with Gasteiger partial charge in [0.05, 0.1) is 16.1 Å². The van der Waals surface area contributed by atoms with Crippen molar-refractivity contribution in [2.45, 2.75) is 9.79 Å². The summed E-state index contributed by atoms with van der Waals surface area (Å²) < 4.78 is 0. The van der Waals surface area contributed by atoms with Crippen LogP contribution in [0.3, 0.4) is 0 Å². The van der Waals surface area contributed by atoms with Crippen molar-refractivity contribution in [1.29, 1.82) is 0 Å². The van der Waals surface area contributed by atoms with E-state index < -0.39 is 16.9 Å². The maximum absolute atomic E-state index is 11.1. The van der Waals surface area contributed by atoms with Gasteiger partial charge >= 0.3 is 11.9 Å². The summed E-state index contributed by atoms with van der Waals surface area (Å²) in [5.74, 6) is -2.65. The molecule has 0 heterocycles. The molecular formula is C14H9NO6S. The predicted molar refractivity (Wildman–Crippen MR) is 77.6 cm³/mol. The molecule has 0 saturated carbocycles. The van der Waals surface area contributed by atoms with Crippen LogP contribution in [-0.4, -0.2) is 27.1 Å². The van der Waals surface area contributed by atoms with E-state index in [0.29, 0.717) is 9.79 Å². The van der Waals surface area contributed by atoms with Crippen LogP contribution in [0.5, 0.6) is 0 Å². The molecule has 22 heavy (non-hydrogen) atoms. The van der Waals surface area contributed by atoms with Crippen LogP contribution >= 0.6 is 11.8 Å². The number of nitrogens with zero attached hydrogens (tertiary/aromatic N) is 1. The minimum absolute atomic E-state index is 0.0446. The summed E-state index contributed by atoms with van der Waals surface area (Å²) in [5, 5.41) is 28.6. The Morgan fingerprint density at radius 2 is 1.45 bits per heavy atom. The number of hydrogen-bond donors (Lipinski definition) is 2. The normalized spacial score (nSPS) is 10.2. The summed E-state index contributed by atoms with van der Waals surface area (Å²) in [6, 6.07) is 9.72. The van der Waals surface area contributed by atoms with E-state index in [1.165, 1.54) is 54.2 Å². The van der Waals surface area contributed by atoms with Crippen molar-refractivity contribution in [1.82, 2.24) is 0 Å². The lowest BCUT2D eigenvalue weighted by Gasteiger charge is -2.06. The van der Waals surface area contributed by atoms with Crippen LogP contribution in [0.4, 0.5) is 5.69 Å². The molecule has 0 unspecified atom stereocenters. The Bertz CT molecular complexity index is 756. The van der Waals surface area contributed by atoms with E-state index in [-0.39, 0.29) is 16.8 Å². The Morgan fingerprint density at radius 3 is 1.95 bits per heavy atom. The molecule has 7 nitrogen and oxygen atoms in total. The zero-order valence-corrected chi connectivity index (χ0v) is 11.7. The summed E-state index contributed by atoms with van der Waals surface area (Å²) in [7, 11) is 0. The van der Waals surface area contributed by atoms with Gasteiger partial charge in [-0.05, 0) is 30.3 Å². The number of non-ortho nitro benzene ring substituents is 1. The smallest absolute Gasteiger partial charge is 0.336 e. The number of nitro groups is 1.